The number of nitrogens with zero attached hydrogens (tertiary/aromatic N) is 2. The molecule has 2 N–H and O–H groups in total. The molecular weight excluding hydrogens is 210 g/mol. The van der Waals surface area contributed by atoms with Crippen LogP contribution in [0.15, 0.2) is 18.3 Å². The molecule has 0 saturated carbocycles. The maximum atomic E-state index is 5.91. The number of hydrogen-bond acceptors (Lipinski definition) is 3. The minimum absolute atomic E-state index is 0.0836. The minimum atomic E-state index is 0.0836. The van der Waals surface area contributed by atoms with E-state index in [1.54, 1.807) is 0 Å². The maximum Gasteiger partial charge on any atom is 0.128 e. The highest BCUT2D eigenvalue weighted by atomic mass is 15.2. The Kier molecular flexibility index (Phi) is 3.67. The van der Waals surface area contributed by atoms with Gasteiger partial charge in [-0.05, 0) is 42.9 Å². The molecule has 3 nitrogen and oxygen atoms in total. The van der Waals surface area contributed by atoms with Crippen molar-refractivity contribution in [3.8, 4) is 0 Å². The zero-order valence-electron chi connectivity index (χ0n) is 11.1. The Bertz CT molecular complexity index is 373. The molecule has 1 unspecified atom stereocenters. The Morgan fingerprint density at radius 2 is 2.18 bits per heavy atom. The van der Waals surface area contributed by atoms with E-state index in [1.807, 2.05) is 19.2 Å². The lowest BCUT2D eigenvalue weighted by Gasteiger charge is -2.20. The summed E-state index contributed by atoms with van der Waals surface area (Å²) in [7, 11) is 0. The first-order chi connectivity index (χ1) is 8.08. The van der Waals surface area contributed by atoms with Gasteiger partial charge in [0.1, 0.15) is 5.82 Å². The van der Waals surface area contributed by atoms with Crippen LogP contribution in [0.4, 0.5) is 5.82 Å². The summed E-state index contributed by atoms with van der Waals surface area (Å²) >= 11 is 0. The van der Waals surface area contributed by atoms with Crippen molar-refractivity contribution in [3.63, 3.8) is 0 Å². The number of anilines is 1. The van der Waals surface area contributed by atoms with Crippen molar-refractivity contribution in [1.29, 1.82) is 0 Å². The molecule has 2 heterocycles. The Morgan fingerprint density at radius 3 is 2.76 bits per heavy atom. The Balaban J connectivity index is 2.11. The van der Waals surface area contributed by atoms with E-state index in [0.29, 0.717) is 0 Å². The summed E-state index contributed by atoms with van der Waals surface area (Å²) < 4.78 is 0. The van der Waals surface area contributed by atoms with Crippen LogP contribution in [0.25, 0.3) is 0 Å². The summed E-state index contributed by atoms with van der Waals surface area (Å²) in [5.74, 6) is 2.65. The van der Waals surface area contributed by atoms with Crippen molar-refractivity contribution in [1.82, 2.24) is 4.98 Å². The van der Waals surface area contributed by atoms with E-state index >= 15 is 0 Å². The predicted octanol–water partition coefficient (Wildman–Crippen LogP) is 2.58. The molecule has 2 atom stereocenters. The number of rotatable bonds is 3. The molecule has 0 spiro atoms. The van der Waals surface area contributed by atoms with E-state index in [9.17, 15) is 0 Å². The number of hydrogen-bond donors (Lipinski definition) is 1. The lowest BCUT2D eigenvalue weighted by atomic mass is 9.95. The van der Waals surface area contributed by atoms with Gasteiger partial charge < -0.3 is 10.6 Å². The molecule has 2 rings (SSSR count). The second-order valence-electron chi connectivity index (χ2n) is 5.47. The third-order valence-electron chi connectivity index (χ3n) is 3.79. The third kappa shape index (κ3) is 2.78. The summed E-state index contributed by atoms with van der Waals surface area (Å²) in [5, 5.41) is 0. The van der Waals surface area contributed by atoms with E-state index in [4.69, 9.17) is 5.73 Å². The first-order valence-electron chi connectivity index (χ1n) is 6.54. The van der Waals surface area contributed by atoms with Crippen LogP contribution in [0, 0.1) is 11.8 Å². The van der Waals surface area contributed by atoms with Gasteiger partial charge >= 0.3 is 0 Å². The SMILES string of the molecule is CC(C)C1CCN(c2cc([C@H](C)N)ccn2)C1. The third-order valence-corrected chi connectivity index (χ3v) is 3.79. The van der Waals surface area contributed by atoms with Gasteiger partial charge in [0, 0.05) is 25.3 Å². The normalized spacial score (nSPS) is 22.2. The largest absolute Gasteiger partial charge is 0.356 e. The van der Waals surface area contributed by atoms with Gasteiger partial charge in [0.25, 0.3) is 0 Å². The molecule has 94 valence electrons. The van der Waals surface area contributed by atoms with E-state index in [-0.39, 0.29) is 6.04 Å². The first kappa shape index (κ1) is 12.4. The van der Waals surface area contributed by atoms with Gasteiger partial charge in [0.05, 0.1) is 0 Å². The molecule has 17 heavy (non-hydrogen) atoms. The summed E-state index contributed by atoms with van der Waals surface area (Å²) in [4.78, 5) is 6.85. The highest BCUT2D eigenvalue weighted by molar-refractivity contribution is 5.42. The van der Waals surface area contributed by atoms with E-state index in [1.165, 1.54) is 12.0 Å². The smallest absolute Gasteiger partial charge is 0.128 e. The monoisotopic (exact) mass is 233 g/mol. The fourth-order valence-electron chi connectivity index (χ4n) is 2.43. The lowest BCUT2D eigenvalue weighted by Crippen LogP contribution is -2.22. The average Bonchev–Trinajstić information content (AvgIpc) is 2.78. The molecule has 0 bridgehead atoms. The summed E-state index contributed by atoms with van der Waals surface area (Å²) in [6.45, 7) is 8.88. The maximum absolute atomic E-state index is 5.91. The van der Waals surface area contributed by atoms with Crippen LogP contribution in [0.2, 0.25) is 0 Å². The summed E-state index contributed by atoms with van der Waals surface area (Å²) in [5.41, 5.74) is 7.08. The standard InChI is InChI=1S/C14H23N3/c1-10(2)13-5-7-17(9-13)14-8-12(11(3)15)4-6-16-14/h4,6,8,10-11,13H,5,7,9,15H2,1-3H3/t11-,13?/m0/s1. The zero-order valence-corrected chi connectivity index (χ0v) is 11.1. The number of pyridine rings is 1. The fourth-order valence-corrected chi connectivity index (χ4v) is 2.43. The van der Waals surface area contributed by atoms with Crippen molar-refractivity contribution < 1.29 is 0 Å². The summed E-state index contributed by atoms with van der Waals surface area (Å²) in [6.07, 6.45) is 3.15. The van der Waals surface area contributed by atoms with Crippen molar-refractivity contribution in [3.05, 3.63) is 23.9 Å². The van der Waals surface area contributed by atoms with Crippen molar-refractivity contribution in [2.24, 2.45) is 17.6 Å². The fraction of sp³-hybridized carbons (Fsp3) is 0.643. The lowest BCUT2D eigenvalue weighted by molar-refractivity contribution is 0.422. The minimum Gasteiger partial charge on any atom is -0.356 e. The molecule has 0 radical (unpaired) electrons. The van der Waals surface area contributed by atoms with Crippen molar-refractivity contribution >= 4 is 5.82 Å². The predicted molar refractivity (Wildman–Crippen MR) is 72.0 cm³/mol. The molecule has 1 fully saturated rings. The van der Waals surface area contributed by atoms with Crippen LogP contribution >= 0.6 is 0 Å². The Labute approximate surface area is 104 Å². The molecule has 1 aliphatic rings. The molecule has 0 aliphatic carbocycles. The van der Waals surface area contributed by atoms with Crippen LogP contribution in [-0.4, -0.2) is 18.1 Å². The van der Waals surface area contributed by atoms with Crippen LogP contribution in [0.1, 0.15) is 38.8 Å². The van der Waals surface area contributed by atoms with Crippen LogP contribution in [0.3, 0.4) is 0 Å². The highest BCUT2D eigenvalue weighted by Crippen LogP contribution is 2.27. The van der Waals surface area contributed by atoms with Gasteiger partial charge in [-0.3, -0.25) is 0 Å². The average molecular weight is 233 g/mol. The quantitative estimate of drug-likeness (QED) is 0.872. The van der Waals surface area contributed by atoms with Gasteiger partial charge in [-0.2, -0.15) is 0 Å². The van der Waals surface area contributed by atoms with E-state index in [0.717, 1.165) is 30.7 Å². The molecule has 1 aromatic rings. The van der Waals surface area contributed by atoms with E-state index < -0.39 is 0 Å². The van der Waals surface area contributed by atoms with Gasteiger partial charge in [0.15, 0.2) is 0 Å². The van der Waals surface area contributed by atoms with Gasteiger partial charge in [0.2, 0.25) is 0 Å². The van der Waals surface area contributed by atoms with Gasteiger partial charge in [-0.15, -0.1) is 0 Å². The second kappa shape index (κ2) is 5.05. The molecule has 1 aromatic heterocycles. The number of nitrogens with two attached hydrogens (primary N) is 1. The molecule has 1 saturated heterocycles. The van der Waals surface area contributed by atoms with Crippen LogP contribution in [0.5, 0.6) is 0 Å². The Morgan fingerprint density at radius 1 is 1.41 bits per heavy atom. The highest BCUT2D eigenvalue weighted by Gasteiger charge is 2.25. The molecule has 1 aliphatic heterocycles. The van der Waals surface area contributed by atoms with Crippen molar-refractivity contribution in [2.75, 3.05) is 18.0 Å². The van der Waals surface area contributed by atoms with E-state index in [2.05, 4.69) is 29.8 Å². The van der Waals surface area contributed by atoms with Crippen LogP contribution in [-0.2, 0) is 0 Å². The summed E-state index contributed by atoms with van der Waals surface area (Å²) in [6, 6.07) is 4.22. The topological polar surface area (TPSA) is 42.1 Å². The molecule has 3 heteroatoms. The zero-order chi connectivity index (χ0) is 12.4. The molecule has 0 aromatic carbocycles. The number of aromatic nitrogens is 1. The molecule has 0 amide bonds. The Hall–Kier alpha value is -1.09. The van der Waals surface area contributed by atoms with Gasteiger partial charge in [-0.25, -0.2) is 4.98 Å². The molecular formula is C14H23N3. The first-order valence-corrected chi connectivity index (χ1v) is 6.54. The van der Waals surface area contributed by atoms with Crippen LogP contribution < -0.4 is 10.6 Å². The van der Waals surface area contributed by atoms with Gasteiger partial charge in [-0.1, -0.05) is 13.8 Å². The second-order valence-corrected chi connectivity index (χ2v) is 5.47. The van der Waals surface area contributed by atoms with Crippen molar-refractivity contribution in [2.45, 2.75) is 33.2 Å².